The third kappa shape index (κ3) is 13.2. The molecule has 4 aromatic carbocycles. The summed E-state index contributed by atoms with van der Waals surface area (Å²) >= 11 is 0.882. The Morgan fingerprint density at radius 3 is 1.73 bits per heavy atom. The lowest BCUT2D eigenvalue weighted by Crippen LogP contribution is -2.10. The van der Waals surface area contributed by atoms with E-state index in [-0.39, 0.29) is 30.2 Å². The topological polar surface area (TPSA) is 143 Å². The number of hydrogen-bond donors (Lipinski definition) is 0. The number of fused-ring (bicyclic) bond motifs is 1. The highest BCUT2D eigenvalue weighted by atomic mass is 32.2. The molecule has 0 bridgehead atoms. The smallest absolute Gasteiger partial charge is 0.354 e. The summed E-state index contributed by atoms with van der Waals surface area (Å²) in [5.74, 6) is -0.355. The normalized spacial score (nSPS) is 11.0. The van der Waals surface area contributed by atoms with Crippen molar-refractivity contribution >= 4 is 57.7 Å². The molecule has 4 aromatic rings. The second-order valence-corrected chi connectivity index (χ2v) is 12.7. The summed E-state index contributed by atoms with van der Waals surface area (Å²) < 4.78 is 27.0. The van der Waals surface area contributed by atoms with Gasteiger partial charge in [0.15, 0.2) is 0 Å². The third-order valence-corrected chi connectivity index (χ3v) is 8.70. The van der Waals surface area contributed by atoms with E-state index in [0.717, 1.165) is 23.9 Å². The van der Waals surface area contributed by atoms with Crippen molar-refractivity contribution in [1.29, 1.82) is 5.26 Å². The molecule has 0 aromatic heterocycles. The van der Waals surface area contributed by atoms with Crippen LogP contribution in [0.2, 0.25) is 0 Å². The molecular weight excluding hydrogens is 733 g/mol. The number of hydrogen-bond acceptors (Lipinski definition) is 11. The van der Waals surface area contributed by atoms with Gasteiger partial charge < -0.3 is 23.7 Å². The summed E-state index contributed by atoms with van der Waals surface area (Å²) in [4.78, 5) is 52.7. The maximum Gasteiger partial charge on any atom is 0.354 e. The molecule has 0 saturated heterocycles. The van der Waals surface area contributed by atoms with Crippen LogP contribution in [0.5, 0.6) is 17.2 Å². The van der Waals surface area contributed by atoms with E-state index in [4.69, 9.17) is 30.3 Å². The molecule has 11 nitrogen and oxygen atoms in total. The molecule has 12 heteroatoms. The summed E-state index contributed by atoms with van der Waals surface area (Å²) in [6.07, 6.45) is 7.80. The number of unbranched alkanes of at least 4 members (excludes halogenated alkanes) is 2. The molecular formula is C44H38N2O9S. The van der Waals surface area contributed by atoms with Gasteiger partial charge in [0, 0.05) is 22.4 Å². The maximum atomic E-state index is 13.3. The molecule has 4 rings (SSSR count). The van der Waals surface area contributed by atoms with Gasteiger partial charge in [-0.05, 0) is 90.7 Å². The molecule has 0 heterocycles. The summed E-state index contributed by atoms with van der Waals surface area (Å²) in [5.41, 5.74) is 0.927. The zero-order valence-corrected chi connectivity index (χ0v) is 31.3. The van der Waals surface area contributed by atoms with Crippen LogP contribution >= 0.6 is 11.8 Å². The number of nitriles is 1. The van der Waals surface area contributed by atoms with E-state index >= 15 is 0 Å². The first-order valence-electron chi connectivity index (χ1n) is 17.5. The zero-order valence-electron chi connectivity index (χ0n) is 30.4. The summed E-state index contributed by atoms with van der Waals surface area (Å²) in [6.45, 7) is 15.8. The molecule has 284 valence electrons. The largest absolute Gasteiger partial charge is 0.494 e. The Balaban J connectivity index is 1.35. The highest BCUT2D eigenvalue weighted by Crippen LogP contribution is 2.36. The van der Waals surface area contributed by atoms with Crippen LogP contribution in [0.15, 0.2) is 126 Å². The molecule has 0 aliphatic rings. The number of esters is 3. The molecule has 0 unspecified atom stereocenters. The molecule has 0 atom stereocenters. The monoisotopic (exact) mass is 770 g/mol. The van der Waals surface area contributed by atoms with Gasteiger partial charge in [0.2, 0.25) is 10.8 Å². The Kier molecular flexibility index (Phi) is 16.7. The lowest BCUT2D eigenvalue weighted by Gasteiger charge is -2.11. The molecule has 0 N–H and O–H groups in total. The lowest BCUT2D eigenvalue weighted by atomic mass is 10.1. The fourth-order valence-electron chi connectivity index (χ4n) is 4.90. The van der Waals surface area contributed by atoms with Crippen molar-refractivity contribution in [3.63, 3.8) is 0 Å². The second kappa shape index (κ2) is 22.4. The molecule has 0 saturated carbocycles. The van der Waals surface area contributed by atoms with Crippen LogP contribution in [0.1, 0.15) is 36.8 Å². The highest BCUT2D eigenvalue weighted by Gasteiger charge is 2.18. The average Bonchev–Trinajstić information content (AvgIpc) is 3.22. The first kappa shape index (κ1) is 41.9. The van der Waals surface area contributed by atoms with Crippen molar-refractivity contribution in [1.82, 2.24) is 0 Å². The van der Waals surface area contributed by atoms with E-state index in [1.54, 1.807) is 84.9 Å². The third-order valence-electron chi connectivity index (χ3n) is 7.73. The Hall–Kier alpha value is -6.89. The van der Waals surface area contributed by atoms with Crippen LogP contribution < -0.4 is 14.2 Å². The fourth-order valence-corrected chi connectivity index (χ4v) is 5.73. The number of nitrogens with zero attached hydrogens (tertiary/aromatic N) is 2. The summed E-state index contributed by atoms with van der Waals surface area (Å²) in [7, 11) is 0. The van der Waals surface area contributed by atoms with E-state index < -0.39 is 23.0 Å². The van der Waals surface area contributed by atoms with Crippen LogP contribution in [-0.2, 0) is 28.7 Å². The van der Waals surface area contributed by atoms with Crippen molar-refractivity contribution in [3.05, 3.63) is 144 Å². The molecule has 0 amide bonds. The second-order valence-electron chi connectivity index (χ2n) is 11.7. The molecule has 0 radical (unpaired) electrons. The number of benzene rings is 4. The summed E-state index contributed by atoms with van der Waals surface area (Å²) in [5, 5.41) is 10.5. The molecule has 56 heavy (non-hydrogen) atoms. The van der Waals surface area contributed by atoms with Gasteiger partial charge in [-0.3, -0.25) is 4.79 Å². The number of carbonyl (C=O) groups is 4. The van der Waals surface area contributed by atoms with Gasteiger partial charge in [-0.1, -0.05) is 73.5 Å². The van der Waals surface area contributed by atoms with E-state index in [1.807, 2.05) is 6.07 Å². The minimum absolute atomic E-state index is 0.0792. The fraction of sp³-hybridized carbons (Fsp3) is 0.182. The molecule has 0 fully saturated rings. The standard InChI is InChI=1S/C44H38N2O9S/c1-4-41(47)53-26-10-8-24-51-34-18-14-31(15-19-34)28-33(30-45)43(49)55-39-22-23-40(37-13-7-6-12-36(37)39)56-44(50)38(46-3)29-32-16-20-35(21-17-32)52-25-9-11-27-54-42(48)5-2/h4-7,12-23,28-29H,1-2,8-11,24-27H2/b33-28+,38-29-. The minimum Gasteiger partial charge on any atom is -0.494 e. The Labute approximate surface area is 329 Å². The Morgan fingerprint density at radius 1 is 0.696 bits per heavy atom. The minimum atomic E-state index is -0.854. The van der Waals surface area contributed by atoms with Crippen LogP contribution in [0.25, 0.3) is 27.8 Å². The van der Waals surface area contributed by atoms with Crippen LogP contribution in [0, 0.1) is 17.9 Å². The van der Waals surface area contributed by atoms with E-state index in [9.17, 15) is 24.4 Å². The van der Waals surface area contributed by atoms with Crippen molar-refractivity contribution < 1.29 is 42.9 Å². The van der Waals surface area contributed by atoms with Gasteiger partial charge in [0.05, 0.1) is 33.0 Å². The molecule has 0 aliphatic carbocycles. The van der Waals surface area contributed by atoms with Gasteiger partial charge in [0.1, 0.15) is 28.9 Å². The van der Waals surface area contributed by atoms with Crippen LogP contribution in [0.3, 0.4) is 0 Å². The molecule has 0 spiro atoms. The maximum absolute atomic E-state index is 13.3. The number of carbonyl (C=O) groups excluding carboxylic acids is 4. The van der Waals surface area contributed by atoms with Gasteiger partial charge in [-0.2, -0.15) is 5.26 Å². The average molecular weight is 771 g/mol. The van der Waals surface area contributed by atoms with Crippen molar-refractivity contribution in [2.45, 2.75) is 30.6 Å². The zero-order chi connectivity index (χ0) is 40.1. The summed E-state index contributed by atoms with van der Waals surface area (Å²) in [6, 6.07) is 26.0. The Morgan fingerprint density at radius 2 is 1.21 bits per heavy atom. The van der Waals surface area contributed by atoms with Gasteiger partial charge in [-0.25, -0.2) is 19.2 Å². The quantitative estimate of drug-likeness (QED) is 0.0162. The number of rotatable bonds is 20. The number of thioether (sulfide) groups is 1. The van der Waals surface area contributed by atoms with Crippen LogP contribution in [0.4, 0.5) is 0 Å². The van der Waals surface area contributed by atoms with Crippen molar-refractivity contribution in [3.8, 4) is 23.3 Å². The highest BCUT2D eigenvalue weighted by molar-refractivity contribution is 8.14. The number of ether oxygens (including phenoxy) is 5. The van der Waals surface area contributed by atoms with Crippen molar-refractivity contribution in [2.24, 2.45) is 0 Å². The Bertz CT molecular complexity index is 2040. The van der Waals surface area contributed by atoms with E-state index in [0.29, 0.717) is 77.2 Å². The van der Waals surface area contributed by atoms with Gasteiger partial charge in [-0.15, -0.1) is 0 Å². The molecule has 0 aliphatic heterocycles. The van der Waals surface area contributed by atoms with Gasteiger partial charge in [0.25, 0.3) is 0 Å². The SMILES string of the molecule is [C-]#[N+]/C(=C\c1ccc(OCCCCOC(=O)C=C)cc1)C(=O)Sc1ccc(OC(=O)/C(C#N)=C/c2ccc(OCCCCOC(=O)C=C)cc2)c2ccccc12. The van der Waals surface area contributed by atoms with E-state index in [1.165, 1.54) is 12.2 Å². The first-order valence-corrected chi connectivity index (χ1v) is 18.3. The first-order chi connectivity index (χ1) is 27.2. The predicted molar refractivity (Wildman–Crippen MR) is 213 cm³/mol. The predicted octanol–water partition coefficient (Wildman–Crippen LogP) is 8.71. The van der Waals surface area contributed by atoms with Gasteiger partial charge >= 0.3 is 17.9 Å². The van der Waals surface area contributed by atoms with E-state index in [2.05, 4.69) is 18.0 Å². The lowest BCUT2D eigenvalue weighted by molar-refractivity contribution is -0.138. The van der Waals surface area contributed by atoms with Crippen molar-refractivity contribution in [2.75, 3.05) is 26.4 Å². The van der Waals surface area contributed by atoms with Crippen LogP contribution in [-0.4, -0.2) is 49.5 Å².